The molecule has 5 heteroatoms. The summed E-state index contributed by atoms with van der Waals surface area (Å²) in [4.78, 5) is 12.4. The zero-order chi connectivity index (χ0) is 13.7. The second-order valence-corrected chi connectivity index (χ2v) is 5.08. The van der Waals surface area contributed by atoms with Crippen molar-refractivity contribution >= 4 is 34.7 Å². The molecule has 0 aliphatic rings. The number of hydrogen-bond donors (Lipinski definition) is 2. The van der Waals surface area contributed by atoms with Crippen LogP contribution in [0.15, 0.2) is 18.2 Å². The van der Waals surface area contributed by atoms with Crippen molar-refractivity contribution in [1.82, 2.24) is 5.32 Å². The molecule has 1 aromatic rings. The number of benzene rings is 1. The highest BCUT2D eigenvalue weighted by Gasteiger charge is 2.16. The molecule has 0 fully saturated rings. The summed E-state index contributed by atoms with van der Waals surface area (Å²) < 4.78 is 0. The number of rotatable bonds is 5. The predicted octanol–water partition coefficient (Wildman–Crippen LogP) is 2.83. The van der Waals surface area contributed by atoms with Gasteiger partial charge in [-0.1, -0.05) is 43.2 Å². The monoisotopic (exact) mass is 284 g/mol. The third kappa shape index (κ3) is 3.96. The first-order valence-corrected chi connectivity index (χ1v) is 6.60. The maximum atomic E-state index is 12.1. The molecule has 0 aliphatic carbocycles. The van der Waals surface area contributed by atoms with Crippen LogP contribution in [-0.4, -0.2) is 16.9 Å². The lowest BCUT2D eigenvalue weighted by atomic mass is 10.1. The average molecular weight is 285 g/mol. The van der Waals surface area contributed by atoms with Gasteiger partial charge in [-0.05, 0) is 31.0 Å². The molecule has 0 aromatic heterocycles. The fourth-order valence-corrected chi connectivity index (χ4v) is 2.00. The van der Waals surface area contributed by atoms with Crippen molar-refractivity contribution in [2.24, 2.45) is 5.73 Å². The van der Waals surface area contributed by atoms with Gasteiger partial charge in [0.1, 0.15) is 0 Å². The highest BCUT2D eigenvalue weighted by atomic mass is 35.5. The first-order valence-electron chi connectivity index (χ1n) is 5.82. The Hall–Kier alpha value is -1.13. The largest absolute Gasteiger partial charge is 0.392 e. The van der Waals surface area contributed by atoms with Crippen LogP contribution >= 0.6 is 23.8 Å². The van der Waals surface area contributed by atoms with Gasteiger partial charge in [-0.2, -0.15) is 0 Å². The van der Waals surface area contributed by atoms with Crippen LogP contribution in [0.2, 0.25) is 5.02 Å². The molecule has 0 aliphatic heterocycles. The predicted molar refractivity (Wildman–Crippen MR) is 79.1 cm³/mol. The Bertz CT molecular complexity index is 462. The standard InChI is InChI=1S/C13H17ClN2OS/c1-3-4-11(12(15)18)16-13(17)10-7-9(14)6-5-8(10)2/h5-7,11H,3-4H2,1-2H3,(H2,15,18)(H,16,17). The minimum absolute atomic E-state index is 0.193. The number of carbonyl (C=O) groups is 1. The highest BCUT2D eigenvalue weighted by Crippen LogP contribution is 2.15. The van der Waals surface area contributed by atoms with Crippen molar-refractivity contribution in [1.29, 1.82) is 0 Å². The smallest absolute Gasteiger partial charge is 0.252 e. The van der Waals surface area contributed by atoms with E-state index in [-0.39, 0.29) is 11.9 Å². The summed E-state index contributed by atoms with van der Waals surface area (Å²) in [5.41, 5.74) is 7.03. The van der Waals surface area contributed by atoms with E-state index in [1.54, 1.807) is 12.1 Å². The van der Waals surface area contributed by atoms with E-state index in [0.29, 0.717) is 15.6 Å². The maximum absolute atomic E-state index is 12.1. The Labute approximate surface area is 118 Å². The summed E-state index contributed by atoms with van der Waals surface area (Å²) in [5.74, 6) is -0.193. The lowest BCUT2D eigenvalue weighted by Crippen LogP contribution is -2.43. The first kappa shape index (κ1) is 14.9. The third-order valence-electron chi connectivity index (χ3n) is 2.67. The van der Waals surface area contributed by atoms with E-state index in [2.05, 4.69) is 5.32 Å². The molecule has 98 valence electrons. The maximum Gasteiger partial charge on any atom is 0.252 e. The molecule has 1 unspecified atom stereocenters. The fourth-order valence-electron chi connectivity index (χ4n) is 1.65. The van der Waals surface area contributed by atoms with Gasteiger partial charge in [0.2, 0.25) is 0 Å². The molecule has 3 N–H and O–H groups in total. The van der Waals surface area contributed by atoms with Crippen LogP contribution in [-0.2, 0) is 0 Å². The number of nitrogens with two attached hydrogens (primary N) is 1. The van der Waals surface area contributed by atoms with Crippen molar-refractivity contribution in [3.8, 4) is 0 Å². The van der Waals surface area contributed by atoms with Crippen LogP contribution in [0.25, 0.3) is 0 Å². The van der Waals surface area contributed by atoms with Gasteiger partial charge in [-0.15, -0.1) is 0 Å². The Morgan fingerprint density at radius 2 is 2.22 bits per heavy atom. The van der Waals surface area contributed by atoms with Crippen LogP contribution in [0, 0.1) is 6.92 Å². The summed E-state index contributed by atoms with van der Waals surface area (Å²) in [6.07, 6.45) is 1.64. The Kier molecular flexibility index (Phi) is 5.56. The Morgan fingerprint density at radius 1 is 1.56 bits per heavy atom. The average Bonchev–Trinajstić information content (AvgIpc) is 2.31. The van der Waals surface area contributed by atoms with Gasteiger partial charge in [-0.3, -0.25) is 4.79 Å². The molecule has 0 saturated carbocycles. The molecule has 0 heterocycles. The zero-order valence-electron chi connectivity index (χ0n) is 10.5. The number of carbonyl (C=O) groups excluding carboxylic acids is 1. The molecule has 1 aromatic carbocycles. The van der Waals surface area contributed by atoms with Gasteiger partial charge in [0, 0.05) is 10.6 Å². The molecule has 18 heavy (non-hydrogen) atoms. The van der Waals surface area contributed by atoms with E-state index in [4.69, 9.17) is 29.6 Å². The van der Waals surface area contributed by atoms with Crippen molar-refractivity contribution in [2.45, 2.75) is 32.7 Å². The van der Waals surface area contributed by atoms with Gasteiger partial charge in [0.05, 0.1) is 11.0 Å². The van der Waals surface area contributed by atoms with E-state index >= 15 is 0 Å². The van der Waals surface area contributed by atoms with Crippen LogP contribution in [0.4, 0.5) is 0 Å². The first-order chi connectivity index (χ1) is 8.45. The number of thiocarbonyl (C=S) groups is 1. The van der Waals surface area contributed by atoms with Crippen molar-refractivity contribution < 1.29 is 4.79 Å². The summed E-state index contributed by atoms with van der Waals surface area (Å²) in [6.45, 7) is 3.88. The van der Waals surface area contributed by atoms with E-state index < -0.39 is 0 Å². The fraction of sp³-hybridized carbons (Fsp3) is 0.385. The second-order valence-electron chi connectivity index (χ2n) is 4.18. The number of aryl methyl sites for hydroxylation is 1. The summed E-state index contributed by atoms with van der Waals surface area (Å²) in [6, 6.07) is 4.95. The molecule has 0 spiro atoms. The number of hydrogen-bond acceptors (Lipinski definition) is 2. The van der Waals surface area contributed by atoms with Gasteiger partial charge < -0.3 is 11.1 Å². The van der Waals surface area contributed by atoms with Crippen molar-refractivity contribution in [3.63, 3.8) is 0 Å². The third-order valence-corrected chi connectivity index (χ3v) is 3.19. The zero-order valence-corrected chi connectivity index (χ0v) is 12.1. The topological polar surface area (TPSA) is 55.1 Å². The molecular formula is C13H17ClN2OS. The van der Waals surface area contributed by atoms with Crippen LogP contribution in [0.3, 0.4) is 0 Å². The Balaban J connectivity index is 2.86. The summed E-state index contributed by atoms with van der Waals surface area (Å²) in [7, 11) is 0. The Morgan fingerprint density at radius 3 is 2.78 bits per heavy atom. The van der Waals surface area contributed by atoms with Gasteiger partial charge in [0.25, 0.3) is 5.91 Å². The van der Waals surface area contributed by atoms with Crippen LogP contribution in [0.5, 0.6) is 0 Å². The number of nitrogens with one attached hydrogen (secondary N) is 1. The minimum Gasteiger partial charge on any atom is -0.392 e. The molecule has 1 atom stereocenters. The lowest BCUT2D eigenvalue weighted by Gasteiger charge is -2.17. The molecule has 3 nitrogen and oxygen atoms in total. The second kappa shape index (κ2) is 6.71. The molecule has 1 rings (SSSR count). The number of halogens is 1. The highest BCUT2D eigenvalue weighted by molar-refractivity contribution is 7.80. The van der Waals surface area contributed by atoms with Crippen molar-refractivity contribution in [2.75, 3.05) is 0 Å². The number of amides is 1. The van der Waals surface area contributed by atoms with E-state index in [1.807, 2.05) is 19.9 Å². The lowest BCUT2D eigenvalue weighted by molar-refractivity contribution is 0.0945. The van der Waals surface area contributed by atoms with E-state index in [9.17, 15) is 4.79 Å². The van der Waals surface area contributed by atoms with E-state index in [1.165, 1.54) is 0 Å². The normalized spacial score (nSPS) is 11.9. The molecule has 1 amide bonds. The molecular weight excluding hydrogens is 268 g/mol. The van der Waals surface area contributed by atoms with Crippen LogP contribution < -0.4 is 11.1 Å². The van der Waals surface area contributed by atoms with Gasteiger partial charge in [0.15, 0.2) is 0 Å². The van der Waals surface area contributed by atoms with Gasteiger partial charge >= 0.3 is 0 Å². The van der Waals surface area contributed by atoms with Gasteiger partial charge in [-0.25, -0.2) is 0 Å². The SMILES string of the molecule is CCCC(NC(=O)c1cc(Cl)ccc1C)C(N)=S. The molecule has 0 bridgehead atoms. The van der Waals surface area contributed by atoms with E-state index in [0.717, 1.165) is 18.4 Å². The van der Waals surface area contributed by atoms with Crippen molar-refractivity contribution in [3.05, 3.63) is 34.3 Å². The molecule has 0 radical (unpaired) electrons. The summed E-state index contributed by atoms with van der Waals surface area (Å²) >= 11 is 10.8. The summed E-state index contributed by atoms with van der Waals surface area (Å²) in [5, 5.41) is 3.37. The molecule has 0 saturated heterocycles. The minimum atomic E-state index is -0.268. The quantitative estimate of drug-likeness (QED) is 0.818. The van der Waals surface area contributed by atoms with Crippen LogP contribution in [0.1, 0.15) is 35.7 Å².